The van der Waals surface area contributed by atoms with Crippen LogP contribution in [-0.2, 0) is 11.3 Å². The number of hydrogen-bond donors (Lipinski definition) is 2. The van der Waals surface area contributed by atoms with Crippen molar-refractivity contribution in [3.63, 3.8) is 0 Å². The average Bonchev–Trinajstić information content (AvgIpc) is 2.65. The fourth-order valence-electron chi connectivity index (χ4n) is 1.48. The van der Waals surface area contributed by atoms with E-state index in [-0.39, 0.29) is 5.91 Å². The minimum absolute atomic E-state index is 0.00835. The molecular formula is C11H20N4O. The van der Waals surface area contributed by atoms with Crippen molar-refractivity contribution in [3.8, 4) is 0 Å². The van der Waals surface area contributed by atoms with Crippen LogP contribution in [0.15, 0.2) is 12.5 Å². The Morgan fingerprint density at radius 1 is 1.50 bits per heavy atom. The third-order valence-electron chi connectivity index (χ3n) is 2.28. The molecule has 0 unspecified atom stereocenters. The standard InChI is InChI=1S/C11H20N4O/c1-9(2)15-8-13-7-11(15)6-12-4-5-14-10(3)16/h7-9,12H,4-6H2,1-3H3,(H,14,16). The third kappa shape index (κ3) is 4.02. The lowest BCUT2D eigenvalue weighted by Crippen LogP contribution is -2.30. The molecule has 1 amide bonds. The van der Waals surface area contributed by atoms with Gasteiger partial charge in [-0.05, 0) is 13.8 Å². The van der Waals surface area contributed by atoms with Crippen LogP contribution in [0.25, 0.3) is 0 Å². The van der Waals surface area contributed by atoms with E-state index in [0.29, 0.717) is 12.6 Å². The van der Waals surface area contributed by atoms with Crippen LogP contribution in [0.5, 0.6) is 0 Å². The van der Waals surface area contributed by atoms with Crippen LogP contribution >= 0.6 is 0 Å². The second-order valence-corrected chi connectivity index (χ2v) is 4.05. The molecular weight excluding hydrogens is 204 g/mol. The highest BCUT2D eigenvalue weighted by atomic mass is 16.1. The second kappa shape index (κ2) is 6.27. The van der Waals surface area contributed by atoms with Crippen molar-refractivity contribution in [2.75, 3.05) is 13.1 Å². The zero-order chi connectivity index (χ0) is 12.0. The molecule has 0 radical (unpaired) electrons. The van der Waals surface area contributed by atoms with E-state index in [1.807, 2.05) is 12.5 Å². The van der Waals surface area contributed by atoms with Crippen LogP contribution in [0.2, 0.25) is 0 Å². The summed E-state index contributed by atoms with van der Waals surface area (Å²) in [4.78, 5) is 14.7. The molecule has 0 saturated carbocycles. The molecule has 0 saturated heterocycles. The number of imidazole rings is 1. The topological polar surface area (TPSA) is 59.0 Å². The van der Waals surface area contributed by atoms with Gasteiger partial charge in [0.25, 0.3) is 0 Å². The molecule has 0 spiro atoms. The Morgan fingerprint density at radius 2 is 2.25 bits per heavy atom. The first-order valence-corrected chi connectivity index (χ1v) is 5.57. The summed E-state index contributed by atoms with van der Waals surface area (Å²) in [5.74, 6) is 0.00835. The van der Waals surface area contributed by atoms with Gasteiger partial charge in [0.1, 0.15) is 0 Å². The van der Waals surface area contributed by atoms with E-state index in [1.54, 1.807) is 0 Å². The Bertz CT molecular complexity index is 332. The summed E-state index contributed by atoms with van der Waals surface area (Å²) in [5, 5.41) is 6.00. The number of carbonyl (C=O) groups excluding carboxylic acids is 1. The third-order valence-corrected chi connectivity index (χ3v) is 2.28. The fraction of sp³-hybridized carbons (Fsp3) is 0.636. The molecule has 0 aliphatic heterocycles. The minimum atomic E-state index is 0.00835. The van der Waals surface area contributed by atoms with Crippen LogP contribution in [0, 0.1) is 0 Å². The van der Waals surface area contributed by atoms with Crippen molar-refractivity contribution < 1.29 is 4.79 Å². The molecule has 0 fully saturated rings. The van der Waals surface area contributed by atoms with Gasteiger partial charge in [-0.1, -0.05) is 0 Å². The molecule has 16 heavy (non-hydrogen) atoms. The molecule has 0 aliphatic carbocycles. The normalized spacial score (nSPS) is 10.8. The highest BCUT2D eigenvalue weighted by molar-refractivity contribution is 5.72. The Balaban J connectivity index is 2.26. The Morgan fingerprint density at radius 3 is 2.88 bits per heavy atom. The van der Waals surface area contributed by atoms with E-state index in [9.17, 15) is 4.79 Å². The SMILES string of the molecule is CC(=O)NCCNCc1cncn1C(C)C. The van der Waals surface area contributed by atoms with Gasteiger partial charge in [0, 0.05) is 38.8 Å². The van der Waals surface area contributed by atoms with Crippen molar-refractivity contribution in [2.45, 2.75) is 33.4 Å². The summed E-state index contributed by atoms with van der Waals surface area (Å²) in [6, 6.07) is 0.426. The maximum absolute atomic E-state index is 10.6. The second-order valence-electron chi connectivity index (χ2n) is 4.05. The summed E-state index contributed by atoms with van der Waals surface area (Å²) in [6.07, 6.45) is 3.71. The van der Waals surface area contributed by atoms with Crippen LogP contribution in [0.4, 0.5) is 0 Å². The van der Waals surface area contributed by atoms with Crippen molar-refractivity contribution >= 4 is 5.91 Å². The average molecular weight is 224 g/mol. The van der Waals surface area contributed by atoms with E-state index in [1.165, 1.54) is 6.92 Å². The molecule has 1 aromatic rings. The van der Waals surface area contributed by atoms with Gasteiger partial charge < -0.3 is 15.2 Å². The van der Waals surface area contributed by atoms with Gasteiger partial charge >= 0.3 is 0 Å². The number of nitrogens with zero attached hydrogens (tertiary/aromatic N) is 2. The van der Waals surface area contributed by atoms with Gasteiger partial charge in [0.2, 0.25) is 5.91 Å². The summed E-state index contributed by atoms with van der Waals surface area (Å²) in [6.45, 7) is 7.98. The molecule has 0 aromatic carbocycles. The highest BCUT2D eigenvalue weighted by Gasteiger charge is 2.03. The number of nitrogens with one attached hydrogen (secondary N) is 2. The van der Waals surface area contributed by atoms with E-state index in [2.05, 4.69) is 34.0 Å². The quantitative estimate of drug-likeness (QED) is 0.699. The Labute approximate surface area is 96.3 Å². The van der Waals surface area contributed by atoms with Crippen LogP contribution in [0.3, 0.4) is 0 Å². The van der Waals surface area contributed by atoms with E-state index >= 15 is 0 Å². The highest BCUT2D eigenvalue weighted by Crippen LogP contribution is 2.07. The molecule has 5 nitrogen and oxygen atoms in total. The van der Waals surface area contributed by atoms with Crippen molar-refractivity contribution in [3.05, 3.63) is 18.2 Å². The van der Waals surface area contributed by atoms with Gasteiger partial charge in [-0.3, -0.25) is 4.79 Å². The molecule has 2 N–H and O–H groups in total. The summed E-state index contributed by atoms with van der Waals surface area (Å²) < 4.78 is 2.13. The molecule has 0 atom stereocenters. The lowest BCUT2D eigenvalue weighted by atomic mass is 10.3. The number of hydrogen-bond acceptors (Lipinski definition) is 3. The van der Waals surface area contributed by atoms with Gasteiger partial charge in [-0.25, -0.2) is 4.98 Å². The monoisotopic (exact) mass is 224 g/mol. The van der Waals surface area contributed by atoms with Gasteiger partial charge in [0.05, 0.1) is 12.0 Å². The zero-order valence-electron chi connectivity index (χ0n) is 10.2. The number of carbonyl (C=O) groups is 1. The van der Waals surface area contributed by atoms with Crippen LogP contribution < -0.4 is 10.6 Å². The molecule has 1 heterocycles. The summed E-state index contributed by atoms with van der Waals surface area (Å²) in [7, 11) is 0. The molecule has 90 valence electrons. The van der Waals surface area contributed by atoms with E-state index < -0.39 is 0 Å². The zero-order valence-corrected chi connectivity index (χ0v) is 10.2. The van der Waals surface area contributed by atoms with Gasteiger partial charge in [0.15, 0.2) is 0 Å². The maximum atomic E-state index is 10.6. The lowest BCUT2D eigenvalue weighted by Gasteiger charge is -2.12. The summed E-state index contributed by atoms with van der Waals surface area (Å²) in [5.41, 5.74) is 1.16. The Hall–Kier alpha value is -1.36. The number of rotatable bonds is 6. The largest absolute Gasteiger partial charge is 0.355 e. The van der Waals surface area contributed by atoms with Crippen molar-refractivity contribution in [2.24, 2.45) is 0 Å². The molecule has 1 rings (SSSR count). The van der Waals surface area contributed by atoms with Crippen LogP contribution in [-0.4, -0.2) is 28.5 Å². The van der Waals surface area contributed by atoms with Gasteiger partial charge in [-0.15, -0.1) is 0 Å². The van der Waals surface area contributed by atoms with Crippen molar-refractivity contribution in [1.29, 1.82) is 0 Å². The predicted molar refractivity (Wildman–Crippen MR) is 63.0 cm³/mol. The molecule has 0 aliphatic rings. The first-order valence-electron chi connectivity index (χ1n) is 5.57. The lowest BCUT2D eigenvalue weighted by molar-refractivity contribution is -0.118. The van der Waals surface area contributed by atoms with E-state index in [0.717, 1.165) is 18.8 Å². The minimum Gasteiger partial charge on any atom is -0.355 e. The van der Waals surface area contributed by atoms with Crippen LogP contribution in [0.1, 0.15) is 32.5 Å². The number of aromatic nitrogens is 2. The predicted octanol–water partition coefficient (Wildman–Crippen LogP) is 0.690. The maximum Gasteiger partial charge on any atom is 0.216 e. The fourth-order valence-corrected chi connectivity index (χ4v) is 1.48. The Kier molecular flexibility index (Phi) is 4.98. The first kappa shape index (κ1) is 12.7. The molecule has 1 aromatic heterocycles. The summed E-state index contributed by atoms with van der Waals surface area (Å²) >= 11 is 0. The van der Waals surface area contributed by atoms with Crippen molar-refractivity contribution in [1.82, 2.24) is 20.2 Å². The molecule has 5 heteroatoms. The first-order chi connectivity index (χ1) is 7.61. The number of amides is 1. The molecule has 0 bridgehead atoms. The van der Waals surface area contributed by atoms with E-state index in [4.69, 9.17) is 0 Å². The smallest absolute Gasteiger partial charge is 0.216 e. The van der Waals surface area contributed by atoms with Gasteiger partial charge in [-0.2, -0.15) is 0 Å².